The molecule has 164 valence electrons. The Labute approximate surface area is 177 Å². The molecule has 1 fully saturated rings. The molecule has 1 aromatic carbocycles. The first kappa shape index (κ1) is 21.3. The van der Waals surface area contributed by atoms with Crippen molar-refractivity contribution in [1.29, 1.82) is 0 Å². The van der Waals surface area contributed by atoms with Crippen LogP contribution in [0.15, 0.2) is 41.9 Å². The van der Waals surface area contributed by atoms with Gasteiger partial charge in [0.25, 0.3) is 21.9 Å². The predicted octanol–water partition coefficient (Wildman–Crippen LogP) is 3.21. The number of alkyl halides is 2. The first-order valence-corrected chi connectivity index (χ1v) is 11.1. The summed E-state index contributed by atoms with van der Waals surface area (Å²) < 4.78 is 65.7. The minimum Gasteiger partial charge on any atom is -0.354 e. The molecule has 3 heterocycles. The van der Waals surface area contributed by atoms with Crippen LogP contribution in [0.5, 0.6) is 0 Å². The molecule has 0 unspecified atom stereocenters. The van der Waals surface area contributed by atoms with E-state index in [4.69, 9.17) is 0 Å². The van der Waals surface area contributed by atoms with Crippen molar-refractivity contribution < 1.29 is 26.4 Å². The zero-order valence-electron chi connectivity index (χ0n) is 16.5. The van der Waals surface area contributed by atoms with Gasteiger partial charge in [-0.25, -0.2) is 35.9 Å². The summed E-state index contributed by atoms with van der Waals surface area (Å²) in [6.07, 6.45) is 1.81. The smallest absolute Gasteiger partial charge is 0.288 e. The summed E-state index contributed by atoms with van der Waals surface area (Å²) in [6.45, 7) is 1.62. The lowest BCUT2D eigenvalue weighted by Gasteiger charge is -2.33. The van der Waals surface area contributed by atoms with E-state index >= 15 is 0 Å². The molecule has 2 aliphatic rings. The second kappa shape index (κ2) is 7.63. The molecule has 1 aromatic heterocycles. The number of anilines is 1. The van der Waals surface area contributed by atoms with Gasteiger partial charge in [0.15, 0.2) is 5.82 Å². The predicted molar refractivity (Wildman–Crippen MR) is 108 cm³/mol. The minimum atomic E-state index is -3.92. The molecular weight excluding hydrogens is 433 g/mol. The zero-order chi connectivity index (χ0) is 22.4. The third-order valence-corrected chi connectivity index (χ3v) is 6.81. The van der Waals surface area contributed by atoms with Crippen LogP contribution in [0.2, 0.25) is 0 Å². The number of carbonyl (C=O) groups is 1. The highest BCUT2D eigenvalue weighted by atomic mass is 32.2. The maximum atomic E-state index is 13.6. The van der Waals surface area contributed by atoms with Crippen LogP contribution in [0, 0.1) is 5.82 Å². The maximum absolute atomic E-state index is 13.6. The van der Waals surface area contributed by atoms with Crippen LogP contribution in [0.25, 0.3) is 11.3 Å². The maximum Gasteiger partial charge on any atom is 0.288 e. The van der Waals surface area contributed by atoms with Crippen molar-refractivity contribution in [2.24, 2.45) is 0 Å². The summed E-state index contributed by atoms with van der Waals surface area (Å²) in [5.74, 6) is -3.83. The standard InChI is InChI=1S/C20H19F3N4O3S/c1-13-6-11-31(29,30)27(13)19(28)16-12-24-18(26-9-7-20(22,23)8-10-26)17(25-16)14-2-4-15(21)5-3-14/h2-6,11-13H,7-10H2,1H3/t13-/m1/s1. The Morgan fingerprint density at radius 1 is 1.16 bits per heavy atom. The molecular formula is C20H19F3N4O3S. The van der Waals surface area contributed by atoms with Crippen LogP contribution < -0.4 is 4.90 Å². The molecule has 0 bridgehead atoms. The van der Waals surface area contributed by atoms with E-state index in [-0.39, 0.29) is 43.1 Å². The van der Waals surface area contributed by atoms with Crippen molar-refractivity contribution in [3.63, 3.8) is 0 Å². The summed E-state index contributed by atoms with van der Waals surface area (Å²) in [4.78, 5) is 23.2. The molecule has 1 atom stereocenters. The van der Waals surface area contributed by atoms with Crippen LogP contribution in [-0.2, 0) is 10.0 Å². The van der Waals surface area contributed by atoms with E-state index in [9.17, 15) is 26.4 Å². The topological polar surface area (TPSA) is 83.5 Å². The van der Waals surface area contributed by atoms with E-state index in [2.05, 4.69) is 9.97 Å². The molecule has 1 saturated heterocycles. The quantitative estimate of drug-likeness (QED) is 0.711. The summed E-state index contributed by atoms with van der Waals surface area (Å²) in [6, 6.07) is 4.60. The number of benzene rings is 1. The normalized spacial score (nSPS) is 22.0. The summed E-state index contributed by atoms with van der Waals surface area (Å²) in [7, 11) is -3.92. The number of hydrogen-bond donors (Lipinski definition) is 0. The lowest BCUT2D eigenvalue weighted by molar-refractivity contribution is -0.0221. The zero-order valence-corrected chi connectivity index (χ0v) is 17.3. The third-order valence-electron chi connectivity index (χ3n) is 5.26. The molecule has 2 aliphatic heterocycles. The highest BCUT2D eigenvalue weighted by Gasteiger charge is 2.37. The Bertz CT molecular complexity index is 1140. The number of aromatic nitrogens is 2. The number of nitrogens with zero attached hydrogens (tertiary/aromatic N) is 4. The Hall–Kier alpha value is -2.95. The van der Waals surface area contributed by atoms with Crippen molar-refractivity contribution in [2.75, 3.05) is 18.0 Å². The number of hydrogen-bond acceptors (Lipinski definition) is 6. The van der Waals surface area contributed by atoms with E-state index in [1.54, 1.807) is 11.8 Å². The van der Waals surface area contributed by atoms with E-state index < -0.39 is 33.7 Å². The molecule has 0 spiro atoms. The molecule has 0 saturated carbocycles. The molecule has 0 N–H and O–H groups in total. The van der Waals surface area contributed by atoms with E-state index in [0.717, 1.165) is 11.6 Å². The number of rotatable bonds is 3. The van der Waals surface area contributed by atoms with Gasteiger partial charge < -0.3 is 4.90 Å². The van der Waals surface area contributed by atoms with Gasteiger partial charge >= 0.3 is 0 Å². The number of amides is 1. The van der Waals surface area contributed by atoms with Crippen LogP contribution in [0.3, 0.4) is 0 Å². The lowest BCUT2D eigenvalue weighted by Crippen LogP contribution is -2.40. The fourth-order valence-electron chi connectivity index (χ4n) is 3.57. The molecule has 1 amide bonds. The third kappa shape index (κ3) is 4.14. The monoisotopic (exact) mass is 452 g/mol. The van der Waals surface area contributed by atoms with Gasteiger partial charge in [-0.15, -0.1) is 0 Å². The molecule has 2 aromatic rings. The average molecular weight is 452 g/mol. The summed E-state index contributed by atoms with van der Waals surface area (Å²) in [5.41, 5.74) is 0.393. The van der Waals surface area contributed by atoms with Gasteiger partial charge in [-0.3, -0.25) is 4.79 Å². The minimum absolute atomic E-state index is 0.0324. The first-order chi connectivity index (χ1) is 14.6. The lowest BCUT2D eigenvalue weighted by atomic mass is 10.1. The van der Waals surface area contributed by atoms with Gasteiger partial charge in [0.1, 0.15) is 17.2 Å². The fourth-order valence-corrected chi connectivity index (χ4v) is 4.98. The van der Waals surface area contributed by atoms with Gasteiger partial charge in [-0.05, 0) is 37.3 Å². The summed E-state index contributed by atoms with van der Waals surface area (Å²) >= 11 is 0. The molecule has 7 nitrogen and oxygen atoms in total. The van der Waals surface area contributed by atoms with Crippen LogP contribution in [-0.4, -0.2) is 53.7 Å². The van der Waals surface area contributed by atoms with E-state index in [1.165, 1.54) is 30.3 Å². The highest BCUT2D eigenvalue weighted by molar-refractivity contribution is 7.92. The van der Waals surface area contributed by atoms with Gasteiger partial charge in [-0.2, -0.15) is 0 Å². The second-order valence-corrected chi connectivity index (χ2v) is 9.19. The van der Waals surface area contributed by atoms with Crippen molar-refractivity contribution in [3.8, 4) is 11.3 Å². The average Bonchev–Trinajstić information content (AvgIpc) is 3.00. The number of carbonyl (C=O) groups excluding carboxylic acids is 1. The Kier molecular flexibility index (Phi) is 5.24. The van der Waals surface area contributed by atoms with Crippen molar-refractivity contribution in [1.82, 2.24) is 14.3 Å². The highest BCUT2D eigenvalue weighted by Crippen LogP contribution is 2.34. The van der Waals surface area contributed by atoms with Crippen LogP contribution in [0.4, 0.5) is 19.0 Å². The number of halogens is 3. The molecule has 11 heteroatoms. The molecule has 4 rings (SSSR count). The Balaban J connectivity index is 1.75. The molecule has 0 radical (unpaired) electrons. The molecule has 31 heavy (non-hydrogen) atoms. The summed E-state index contributed by atoms with van der Waals surface area (Å²) in [5, 5.41) is 0.951. The fraction of sp³-hybridized carbons (Fsp3) is 0.350. The molecule has 0 aliphatic carbocycles. The van der Waals surface area contributed by atoms with Crippen LogP contribution in [0.1, 0.15) is 30.3 Å². The van der Waals surface area contributed by atoms with Crippen molar-refractivity contribution in [2.45, 2.75) is 31.7 Å². The van der Waals surface area contributed by atoms with Gasteiger partial charge in [0.05, 0.1) is 12.2 Å². The van der Waals surface area contributed by atoms with E-state index in [1.807, 2.05) is 0 Å². The Morgan fingerprint density at radius 2 is 1.81 bits per heavy atom. The first-order valence-electron chi connectivity index (χ1n) is 9.60. The van der Waals surface area contributed by atoms with E-state index in [0.29, 0.717) is 9.87 Å². The Morgan fingerprint density at radius 3 is 2.39 bits per heavy atom. The largest absolute Gasteiger partial charge is 0.354 e. The second-order valence-electron chi connectivity index (χ2n) is 7.49. The van der Waals surface area contributed by atoms with Gasteiger partial charge in [-0.1, -0.05) is 0 Å². The van der Waals surface area contributed by atoms with Gasteiger partial charge in [0, 0.05) is 36.9 Å². The van der Waals surface area contributed by atoms with Crippen molar-refractivity contribution >= 4 is 21.7 Å². The van der Waals surface area contributed by atoms with Crippen molar-refractivity contribution in [3.05, 3.63) is 53.5 Å². The van der Waals surface area contributed by atoms with Crippen LogP contribution >= 0.6 is 0 Å². The van der Waals surface area contributed by atoms with Gasteiger partial charge in [0.2, 0.25) is 0 Å². The SMILES string of the molecule is C[C@@H]1C=CS(=O)(=O)N1C(=O)c1cnc(N2CCC(F)(F)CC2)c(-c2ccc(F)cc2)n1. The number of piperidine rings is 1. The number of sulfonamides is 1.